The van der Waals surface area contributed by atoms with Crippen molar-refractivity contribution in [3.8, 4) is 0 Å². The van der Waals surface area contributed by atoms with Crippen molar-refractivity contribution in [2.24, 2.45) is 0 Å². The molecule has 0 spiro atoms. The number of nitrogens with zero attached hydrogens (tertiary/aromatic N) is 5. The van der Waals surface area contributed by atoms with Gasteiger partial charge in [-0.2, -0.15) is 15.0 Å². The molecule has 0 bridgehead atoms. The SMILES string of the molecule is CC(C)c1nc(NCC(O)c2ccncc2)nc(N(C)C)n1. The van der Waals surface area contributed by atoms with E-state index >= 15 is 0 Å². The van der Waals surface area contributed by atoms with E-state index in [2.05, 4.69) is 25.3 Å². The zero-order valence-electron chi connectivity index (χ0n) is 13.4. The molecule has 0 aliphatic heterocycles. The summed E-state index contributed by atoms with van der Waals surface area (Å²) < 4.78 is 0. The summed E-state index contributed by atoms with van der Waals surface area (Å²) in [4.78, 5) is 18.9. The van der Waals surface area contributed by atoms with Crippen LogP contribution in [0.2, 0.25) is 0 Å². The first kappa shape index (κ1) is 16.1. The van der Waals surface area contributed by atoms with Crippen LogP contribution in [0.15, 0.2) is 24.5 Å². The van der Waals surface area contributed by atoms with Crippen molar-refractivity contribution >= 4 is 11.9 Å². The summed E-state index contributed by atoms with van der Waals surface area (Å²) in [6.07, 6.45) is 2.66. The Balaban J connectivity index is 2.12. The fourth-order valence-electron chi connectivity index (χ4n) is 1.81. The summed E-state index contributed by atoms with van der Waals surface area (Å²) in [6.45, 7) is 4.38. The van der Waals surface area contributed by atoms with Crippen LogP contribution in [0.3, 0.4) is 0 Å². The van der Waals surface area contributed by atoms with Gasteiger partial charge in [-0.3, -0.25) is 4.98 Å². The van der Waals surface area contributed by atoms with Crippen LogP contribution < -0.4 is 10.2 Å². The normalized spacial score (nSPS) is 12.3. The van der Waals surface area contributed by atoms with Gasteiger partial charge in [-0.1, -0.05) is 13.8 Å². The molecule has 7 heteroatoms. The number of hydrogen-bond acceptors (Lipinski definition) is 7. The van der Waals surface area contributed by atoms with E-state index in [-0.39, 0.29) is 5.92 Å². The van der Waals surface area contributed by atoms with Crippen molar-refractivity contribution in [2.45, 2.75) is 25.9 Å². The van der Waals surface area contributed by atoms with Gasteiger partial charge in [0.1, 0.15) is 5.82 Å². The lowest BCUT2D eigenvalue weighted by Crippen LogP contribution is -2.19. The monoisotopic (exact) mass is 302 g/mol. The summed E-state index contributed by atoms with van der Waals surface area (Å²) in [5.74, 6) is 1.99. The van der Waals surface area contributed by atoms with Gasteiger partial charge >= 0.3 is 0 Å². The minimum atomic E-state index is -0.648. The molecule has 118 valence electrons. The van der Waals surface area contributed by atoms with E-state index in [1.165, 1.54) is 0 Å². The maximum absolute atomic E-state index is 10.2. The van der Waals surface area contributed by atoms with Crippen LogP contribution >= 0.6 is 0 Å². The Morgan fingerprint density at radius 2 is 1.82 bits per heavy atom. The first-order chi connectivity index (χ1) is 10.5. The van der Waals surface area contributed by atoms with E-state index in [0.29, 0.717) is 18.4 Å². The topological polar surface area (TPSA) is 87.1 Å². The van der Waals surface area contributed by atoms with E-state index < -0.39 is 6.10 Å². The number of aliphatic hydroxyl groups is 1. The molecule has 1 unspecified atom stereocenters. The van der Waals surface area contributed by atoms with E-state index in [1.54, 1.807) is 24.5 Å². The number of pyridine rings is 1. The highest BCUT2D eigenvalue weighted by molar-refractivity contribution is 5.36. The van der Waals surface area contributed by atoms with Crippen LogP contribution in [-0.2, 0) is 0 Å². The van der Waals surface area contributed by atoms with Gasteiger partial charge in [0, 0.05) is 39.0 Å². The Hall–Kier alpha value is -2.28. The predicted octanol–water partition coefficient (Wildman–Crippen LogP) is 1.60. The first-order valence-electron chi connectivity index (χ1n) is 7.22. The lowest BCUT2D eigenvalue weighted by atomic mass is 10.1. The van der Waals surface area contributed by atoms with Crippen molar-refractivity contribution in [2.75, 3.05) is 30.9 Å². The van der Waals surface area contributed by atoms with Gasteiger partial charge < -0.3 is 15.3 Å². The molecule has 0 saturated carbocycles. The molecular weight excluding hydrogens is 280 g/mol. The fourth-order valence-corrected chi connectivity index (χ4v) is 1.81. The quantitative estimate of drug-likeness (QED) is 0.838. The Morgan fingerprint density at radius 3 is 2.41 bits per heavy atom. The van der Waals surface area contributed by atoms with Gasteiger partial charge in [0.05, 0.1) is 6.10 Å². The average Bonchev–Trinajstić information content (AvgIpc) is 2.53. The van der Waals surface area contributed by atoms with Gasteiger partial charge in [0.15, 0.2) is 0 Å². The number of aliphatic hydroxyl groups excluding tert-OH is 1. The van der Waals surface area contributed by atoms with Gasteiger partial charge in [-0.05, 0) is 17.7 Å². The maximum Gasteiger partial charge on any atom is 0.229 e. The van der Waals surface area contributed by atoms with Crippen LogP contribution in [0.4, 0.5) is 11.9 Å². The Morgan fingerprint density at radius 1 is 1.14 bits per heavy atom. The Kier molecular flexibility index (Phi) is 5.21. The molecule has 0 aromatic carbocycles. The van der Waals surface area contributed by atoms with E-state index in [1.807, 2.05) is 32.8 Å². The van der Waals surface area contributed by atoms with E-state index in [9.17, 15) is 5.11 Å². The summed E-state index contributed by atoms with van der Waals surface area (Å²) >= 11 is 0. The summed E-state index contributed by atoms with van der Waals surface area (Å²) in [5, 5.41) is 13.2. The fraction of sp³-hybridized carbons (Fsp3) is 0.467. The molecule has 7 nitrogen and oxygen atoms in total. The predicted molar refractivity (Wildman–Crippen MR) is 85.9 cm³/mol. The second kappa shape index (κ2) is 7.13. The second-order valence-electron chi connectivity index (χ2n) is 5.54. The van der Waals surface area contributed by atoms with Gasteiger partial charge in [0.2, 0.25) is 11.9 Å². The van der Waals surface area contributed by atoms with Crippen LogP contribution in [0.5, 0.6) is 0 Å². The standard InChI is InChI=1S/C15H22N6O/c1-10(2)13-18-14(20-15(19-13)21(3)4)17-9-12(22)11-5-7-16-8-6-11/h5-8,10,12,22H,9H2,1-4H3,(H,17,18,19,20). The smallest absolute Gasteiger partial charge is 0.229 e. The van der Waals surface area contributed by atoms with Crippen LogP contribution in [0.1, 0.15) is 37.3 Å². The summed E-state index contributed by atoms with van der Waals surface area (Å²) in [5.41, 5.74) is 0.800. The molecule has 1 atom stereocenters. The highest BCUT2D eigenvalue weighted by Gasteiger charge is 2.12. The molecule has 0 amide bonds. The molecule has 2 N–H and O–H groups in total. The third-order valence-electron chi connectivity index (χ3n) is 3.10. The zero-order chi connectivity index (χ0) is 16.1. The second-order valence-corrected chi connectivity index (χ2v) is 5.54. The van der Waals surface area contributed by atoms with Crippen molar-refractivity contribution in [1.82, 2.24) is 19.9 Å². The molecule has 0 aliphatic rings. The first-order valence-corrected chi connectivity index (χ1v) is 7.22. The van der Waals surface area contributed by atoms with Crippen molar-refractivity contribution < 1.29 is 5.11 Å². The third kappa shape index (κ3) is 4.11. The molecule has 0 saturated heterocycles. The lowest BCUT2D eigenvalue weighted by molar-refractivity contribution is 0.191. The highest BCUT2D eigenvalue weighted by Crippen LogP contribution is 2.16. The average molecular weight is 302 g/mol. The van der Waals surface area contributed by atoms with E-state index in [0.717, 1.165) is 11.4 Å². The number of aromatic nitrogens is 4. The van der Waals surface area contributed by atoms with Crippen molar-refractivity contribution in [3.63, 3.8) is 0 Å². The number of hydrogen-bond donors (Lipinski definition) is 2. The minimum absolute atomic E-state index is 0.201. The molecule has 0 radical (unpaired) electrons. The summed E-state index contributed by atoms with van der Waals surface area (Å²) in [7, 11) is 3.77. The number of nitrogens with one attached hydrogen (secondary N) is 1. The number of anilines is 2. The highest BCUT2D eigenvalue weighted by atomic mass is 16.3. The summed E-state index contributed by atoms with van der Waals surface area (Å²) in [6, 6.07) is 3.56. The van der Waals surface area contributed by atoms with E-state index in [4.69, 9.17) is 0 Å². The van der Waals surface area contributed by atoms with Crippen LogP contribution in [0.25, 0.3) is 0 Å². The van der Waals surface area contributed by atoms with Gasteiger partial charge in [-0.25, -0.2) is 0 Å². The Labute approximate surface area is 130 Å². The molecule has 2 heterocycles. The van der Waals surface area contributed by atoms with Gasteiger partial charge in [-0.15, -0.1) is 0 Å². The Bertz CT molecular complexity index is 576. The van der Waals surface area contributed by atoms with Crippen LogP contribution in [0, 0.1) is 0 Å². The molecule has 2 aromatic heterocycles. The van der Waals surface area contributed by atoms with Gasteiger partial charge in [0.25, 0.3) is 0 Å². The largest absolute Gasteiger partial charge is 0.387 e. The number of rotatable bonds is 6. The molecule has 0 aliphatic carbocycles. The van der Waals surface area contributed by atoms with Crippen molar-refractivity contribution in [1.29, 1.82) is 0 Å². The van der Waals surface area contributed by atoms with Crippen molar-refractivity contribution in [3.05, 3.63) is 35.9 Å². The van der Waals surface area contributed by atoms with Crippen LogP contribution in [-0.4, -0.2) is 45.7 Å². The maximum atomic E-state index is 10.2. The molecule has 2 rings (SSSR count). The molecule has 0 fully saturated rings. The molecule has 2 aromatic rings. The third-order valence-corrected chi connectivity index (χ3v) is 3.10. The molecule has 22 heavy (non-hydrogen) atoms. The minimum Gasteiger partial charge on any atom is -0.387 e. The lowest BCUT2D eigenvalue weighted by Gasteiger charge is -2.16. The zero-order valence-corrected chi connectivity index (χ0v) is 13.4. The molecular formula is C15H22N6O.